The summed E-state index contributed by atoms with van der Waals surface area (Å²) in [6, 6.07) is 9.17. The number of nitro benzene ring substituents is 1. The normalized spacial score (nSPS) is 10.6. The number of nitro groups is 1. The van der Waals surface area contributed by atoms with Gasteiger partial charge in [-0.3, -0.25) is 14.9 Å². The van der Waals surface area contributed by atoms with E-state index in [-0.39, 0.29) is 59.8 Å². The Morgan fingerprint density at radius 2 is 2.00 bits per heavy atom. The highest BCUT2D eigenvalue weighted by atomic mass is 19.1. The third kappa shape index (κ3) is 4.67. The lowest BCUT2D eigenvalue weighted by Crippen LogP contribution is -2.23. The van der Waals surface area contributed by atoms with E-state index < -0.39 is 4.92 Å². The van der Waals surface area contributed by atoms with Crippen molar-refractivity contribution in [3.8, 4) is 17.1 Å². The molecule has 3 rings (SSSR count). The minimum Gasteiger partial charge on any atom is -0.508 e. The van der Waals surface area contributed by atoms with E-state index in [1.165, 1.54) is 42.5 Å². The van der Waals surface area contributed by atoms with Gasteiger partial charge in [0.25, 0.3) is 5.69 Å². The first kappa shape index (κ1) is 19.0. The SMILES string of the molecule is O=C(CCc1nc(-c2ccc(F)cc2)no1)NCc1cc([N+](=O)[O-])ccc1O. The molecular formula is C18H15FN4O5. The minimum atomic E-state index is -0.584. The molecule has 0 unspecified atom stereocenters. The summed E-state index contributed by atoms with van der Waals surface area (Å²) in [4.78, 5) is 26.3. The Morgan fingerprint density at radius 3 is 2.71 bits per heavy atom. The van der Waals surface area contributed by atoms with Gasteiger partial charge < -0.3 is 14.9 Å². The second kappa shape index (κ2) is 8.25. The summed E-state index contributed by atoms with van der Waals surface area (Å²) in [5.74, 6) is -0.345. The number of aromatic hydroxyl groups is 1. The van der Waals surface area contributed by atoms with Crippen LogP contribution in [0.5, 0.6) is 5.75 Å². The van der Waals surface area contributed by atoms with Gasteiger partial charge in [-0.05, 0) is 30.3 Å². The summed E-state index contributed by atoms with van der Waals surface area (Å²) in [5, 5.41) is 26.9. The van der Waals surface area contributed by atoms with Crippen LogP contribution < -0.4 is 5.32 Å². The van der Waals surface area contributed by atoms with Crippen molar-refractivity contribution in [1.82, 2.24) is 15.5 Å². The van der Waals surface area contributed by atoms with Gasteiger partial charge in [-0.15, -0.1) is 0 Å². The topological polar surface area (TPSA) is 131 Å². The molecule has 0 fully saturated rings. The molecule has 2 aromatic carbocycles. The Kier molecular flexibility index (Phi) is 5.58. The summed E-state index contributed by atoms with van der Waals surface area (Å²) in [5.41, 5.74) is 0.641. The van der Waals surface area contributed by atoms with Crippen molar-refractivity contribution < 1.29 is 23.7 Å². The molecule has 0 aliphatic heterocycles. The fourth-order valence-electron chi connectivity index (χ4n) is 2.40. The summed E-state index contributed by atoms with van der Waals surface area (Å²) >= 11 is 0. The van der Waals surface area contributed by atoms with Crippen LogP contribution in [0.25, 0.3) is 11.4 Å². The standard InChI is InChI=1S/C18H15FN4O5/c19-13-3-1-11(2-4-13)18-21-17(28-22-18)8-7-16(25)20-10-12-9-14(23(26)27)5-6-15(12)24/h1-6,9,24H,7-8,10H2,(H,20,25). The average molecular weight is 386 g/mol. The fourth-order valence-corrected chi connectivity index (χ4v) is 2.40. The molecule has 1 amide bonds. The second-order valence-corrected chi connectivity index (χ2v) is 5.87. The lowest BCUT2D eigenvalue weighted by atomic mass is 10.1. The number of aryl methyl sites for hydroxylation is 1. The van der Waals surface area contributed by atoms with Crippen molar-refractivity contribution in [1.29, 1.82) is 0 Å². The number of carbonyl (C=O) groups is 1. The van der Waals surface area contributed by atoms with Crippen molar-refractivity contribution in [2.24, 2.45) is 0 Å². The van der Waals surface area contributed by atoms with E-state index >= 15 is 0 Å². The minimum absolute atomic E-state index is 0.0424. The third-order valence-corrected chi connectivity index (χ3v) is 3.89. The van der Waals surface area contributed by atoms with Gasteiger partial charge in [0.2, 0.25) is 17.6 Å². The van der Waals surface area contributed by atoms with E-state index in [1.54, 1.807) is 0 Å². The predicted octanol–water partition coefficient (Wildman–Crippen LogP) is 2.74. The molecule has 0 radical (unpaired) electrons. The zero-order valence-corrected chi connectivity index (χ0v) is 14.5. The number of phenolic OH excluding ortho intramolecular Hbond substituents is 1. The Hall–Kier alpha value is -3.82. The molecule has 10 heteroatoms. The van der Waals surface area contributed by atoms with E-state index in [0.717, 1.165) is 0 Å². The van der Waals surface area contributed by atoms with Gasteiger partial charge >= 0.3 is 0 Å². The summed E-state index contributed by atoms with van der Waals surface area (Å²) in [7, 11) is 0. The van der Waals surface area contributed by atoms with Crippen LogP contribution in [0.15, 0.2) is 47.0 Å². The molecule has 144 valence electrons. The first-order chi connectivity index (χ1) is 13.4. The second-order valence-electron chi connectivity index (χ2n) is 5.87. The molecular weight excluding hydrogens is 371 g/mol. The molecule has 0 atom stereocenters. The van der Waals surface area contributed by atoms with Gasteiger partial charge in [-0.1, -0.05) is 5.16 Å². The lowest BCUT2D eigenvalue weighted by molar-refractivity contribution is -0.384. The molecule has 28 heavy (non-hydrogen) atoms. The average Bonchev–Trinajstić information content (AvgIpc) is 3.15. The number of aromatic nitrogens is 2. The number of carbonyl (C=O) groups excluding carboxylic acids is 1. The van der Waals surface area contributed by atoms with Gasteiger partial charge in [0.15, 0.2) is 0 Å². The Balaban J connectivity index is 1.53. The van der Waals surface area contributed by atoms with Crippen LogP contribution >= 0.6 is 0 Å². The molecule has 0 aliphatic rings. The Morgan fingerprint density at radius 1 is 1.25 bits per heavy atom. The largest absolute Gasteiger partial charge is 0.508 e. The molecule has 3 aromatic rings. The molecule has 0 saturated carbocycles. The van der Waals surface area contributed by atoms with Crippen molar-refractivity contribution in [3.63, 3.8) is 0 Å². The van der Waals surface area contributed by atoms with Crippen LogP contribution in [0.4, 0.5) is 10.1 Å². The maximum Gasteiger partial charge on any atom is 0.270 e. The van der Waals surface area contributed by atoms with Crippen LogP contribution in [0.3, 0.4) is 0 Å². The summed E-state index contributed by atoms with van der Waals surface area (Å²) in [6.45, 7) is -0.0585. The van der Waals surface area contributed by atoms with Crippen LogP contribution in [0.1, 0.15) is 17.9 Å². The van der Waals surface area contributed by atoms with E-state index in [4.69, 9.17) is 4.52 Å². The number of nitrogens with zero attached hydrogens (tertiary/aromatic N) is 3. The molecule has 2 N–H and O–H groups in total. The number of phenols is 1. The van der Waals surface area contributed by atoms with Crippen molar-refractivity contribution in [2.75, 3.05) is 0 Å². The Bertz CT molecular complexity index is 1000. The van der Waals surface area contributed by atoms with Gasteiger partial charge in [-0.2, -0.15) is 4.98 Å². The van der Waals surface area contributed by atoms with Crippen molar-refractivity contribution in [3.05, 3.63) is 69.9 Å². The Labute approximate surface area is 158 Å². The maximum atomic E-state index is 12.9. The van der Waals surface area contributed by atoms with Gasteiger partial charge in [-0.25, -0.2) is 4.39 Å². The van der Waals surface area contributed by atoms with E-state index in [2.05, 4.69) is 15.5 Å². The number of benzene rings is 2. The summed E-state index contributed by atoms with van der Waals surface area (Å²) in [6.07, 6.45) is 0.224. The van der Waals surface area contributed by atoms with Crippen LogP contribution in [0.2, 0.25) is 0 Å². The van der Waals surface area contributed by atoms with Gasteiger partial charge in [0.1, 0.15) is 11.6 Å². The molecule has 0 spiro atoms. The number of non-ortho nitro benzene ring substituents is 1. The molecule has 0 saturated heterocycles. The number of hydrogen-bond donors (Lipinski definition) is 2. The zero-order chi connectivity index (χ0) is 20.1. The molecule has 0 aliphatic carbocycles. The highest BCUT2D eigenvalue weighted by molar-refractivity contribution is 5.76. The lowest BCUT2D eigenvalue weighted by Gasteiger charge is -2.06. The van der Waals surface area contributed by atoms with E-state index in [1.807, 2.05) is 0 Å². The molecule has 9 nitrogen and oxygen atoms in total. The molecule has 1 heterocycles. The number of halogens is 1. The van der Waals surface area contributed by atoms with Crippen LogP contribution in [-0.2, 0) is 17.8 Å². The number of nitrogens with one attached hydrogen (secondary N) is 1. The first-order valence-corrected chi connectivity index (χ1v) is 8.24. The smallest absolute Gasteiger partial charge is 0.270 e. The van der Waals surface area contributed by atoms with E-state index in [0.29, 0.717) is 5.56 Å². The fraction of sp³-hybridized carbons (Fsp3) is 0.167. The number of hydrogen-bond acceptors (Lipinski definition) is 7. The summed E-state index contributed by atoms with van der Waals surface area (Å²) < 4.78 is 18.0. The highest BCUT2D eigenvalue weighted by Gasteiger charge is 2.13. The molecule has 1 aromatic heterocycles. The van der Waals surface area contributed by atoms with Crippen molar-refractivity contribution in [2.45, 2.75) is 19.4 Å². The predicted molar refractivity (Wildman–Crippen MR) is 94.6 cm³/mol. The first-order valence-electron chi connectivity index (χ1n) is 8.24. The van der Waals surface area contributed by atoms with Crippen LogP contribution in [-0.4, -0.2) is 26.1 Å². The quantitative estimate of drug-likeness (QED) is 0.471. The molecule has 0 bridgehead atoms. The highest BCUT2D eigenvalue weighted by Crippen LogP contribution is 2.22. The third-order valence-electron chi connectivity index (χ3n) is 3.89. The van der Waals surface area contributed by atoms with Gasteiger partial charge in [0, 0.05) is 42.6 Å². The van der Waals surface area contributed by atoms with Crippen molar-refractivity contribution >= 4 is 11.6 Å². The number of rotatable bonds is 7. The maximum absolute atomic E-state index is 12.9. The monoisotopic (exact) mass is 386 g/mol. The van der Waals surface area contributed by atoms with Gasteiger partial charge in [0.05, 0.1) is 4.92 Å². The van der Waals surface area contributed by atoms with Crippen LogP contribution in [0, 0.1) is 15.9 Å². The number of amides is 1. The van der Waals surface area contributed by atoms with E-state index in [9.17, 15) is 24.4 Å². The zero-order valence-electron chi connectivity index (χ0n) is 14.5.